The minimum Gasteiger partial charge on any atom is -0.292 e. The van der Waals surface area contributed by atoms with E-state index in [1.165, 1.54) is 10.9 Å². The van der Waals surface area contributed by atoms with E-state index in [0.29, 0.717) is 12.1 Å². The molecule has 15 heavy (non-hydrogen) atoms. The topological polar surface area (TPSA) is 69.0 Å². The number of nitrogens with zero attached hydrogens (tertiary/aromatic N) is 2. The Balaban J connectivity index is 2.21. The summed E-state index contributed by atoms with van der Waals surface area (Å²) in [6.45, 7) is 0. The molecule has 0 aromatic carbocycles. The molecule has 1 atom stereocenters. The minimum absolute atomic E-state index is 0.0169. The maximum absolute atomic E-state index is 11.9. The maximum atomic E-state index is 11.9. The summed E-state index contributed by atoms with van der Waals surface area (Å²) in [4.78, 5) is 11.9. The summed E-state index contributed by atoms with van der Waals surface area (Å²) in [6.07, 6.45) is 1.98. The molecule has 1 aromatic heterocycles. The summed E-state index contributed by atoms with van der Waals surface area (Å²) in [5.41, 5.74) is 0.483. The molecule has 6 heteroatoms. The number of aryl methyl sites for hydroxylation is 1. The molecule has 2 heterocycles. The van der Waals surface area contributed by atoms with Gasteiger partial charge in [-0.2, -0.15) is 5.10 Å². The van der Waals surface area contributed by atoms with E-state index in [-0.39, 0.29) is 23.2 Å². The van der Waals surface area contributed by atoms with Crippen molar-refractivity contribution in [3.8, 4) is 0 Å². The molecule has 0 radical (unpaired) electrons. The minimum atomic E-state index is -2.99. The van der Waals surface area contributed by atoms with Gasteiger partial charge in [0.25, 0.3) is 0 Å². The second-order valence-electron chi connectivity index (χ2n) is 3.80. The van der Waals surface area contributed by atoms with Crippen LogP contribution >= 0.6 is 0 Å². The van der Waals surface area contributed by atoms with Crippen LogP contribution in [0.1, 0.15) is 16.9 Å². The molecule has 1 aliphatic rings. The number of ketones is 1. The van der Waals surface area contributed by atoms with E-state index in [2.05, 4.69) is 5.10 Å². The van der Waals surface area contributed by atoms with Crippen molar-refractivity contribution < 1.29 is 13.2 Å². The number of hydrogen-bond donors (Lipinski definition) is 0. The molecule has 1 aliphatic heterocycles. The van der Waals surface area contributed by atoms with Crippen molar-refractivity contribution in [1.82, 2.24) is 9.78 Å². The molecule has 2 rings (SSSR count). The average molecular weight is 228 g/mol. The molecule has 1 fully saturated rings. The third-order valence-corrected chi connectivity index (χ3v) is 4.44. The number of sulfone groups is 1. The van der Waals surface area contributed by atoms with Gasteiger partial charge in [0.2, 0.25) is 0 Å². The van der Waals surface area contributed by atoms with Crippen LogP contribution in [-0.2, 0) is 16.9 Å². The largest absolute Gasteiger partial charge is 0.292 e. The smallest absolute Gasteiger partial charge is 0.184 e. The zero-order valence-electron chi connectivity index (χ0n) is 8.38. The summed E-state index contributed by atoms with van der Waals surface area (Å²) in [7, 11) is -1.32. The molecule has 1 unspecified atom stereocenters. The number of carbonyl (C=O) groups excluding carboxylic acids is 1. The molecule has 0 spiro atoms. The summed E-state index contributed by atoms with van der Waals surface area (Å²) < 4.78 is 23.9. The Bertz CT molecular complexity index is 489. The summed E-state index contributed by atoms with van der Waals surface area (Å²) in [5.74, 6) is -0.389. The van der Waals surface area contributed by atoms with Crippen LogP contribution in [0.2, 0.25) is 0 Å². The second-order valence-corrected chi connectivity index (χ2v) is 6.03. The quantitative estimate of drug-likeness (QED) is 0.670. The van der Waals surface area contributed by atoms with Crippen LogP contribution < -0.4 is 0 Å². The third kappa shape index (κ3) is 1.94. The predicted molar refractivity (Wildman–Crippen MR) is 54.3 cm³/mol. The van der Waals surface area contributed by atoms with Gasteiger partial charge in [-0.15, -0.1) is 0 Å². The fourth-order valence-corrected chi connectivity index (χ4v) is 3.57. The molecule has 1 aromatic rings. The van der Waals surface area contributed by atoms with Crippen molar-refractivity contribution in [2.45, 2.75) is 6.42 Å². The number of rotatable bonds is 2. The van der Waals surface area contributed by atoms with Crippen molar-refractivity contribution in [1.29, 1.82) is 0 Å². The van der Waals surface area contributed by atoms with E-state index in [4.69, 9.17) is 0 Å². The zero-order chi connectivity index (χ0) is 11.1. The molecule has 1 saturated heterocycles. The molecule has 0 saturated carbocycles. The van der Waals surface area contributed by atoms with Gasteiger partial charge in [0.05, 0.1) is 11.5 Å². The first-order valence-electron chi connectivity index (χ1n) is 4.72. The van der Waals surface area contributed by atoms with Gasteiger partial charge in [-0.05, 0) is 12.5 Å². The molecule has 82 valence electrons. The number of Topliss-reactive ketones (excluding diaryl/α,β-unsaturated/α-hetero) is 1. The predicted octanol–water partition coefficient (Wildman–Crippen LogP) is 0.0375. The Hall–Kier alpha value is -1.17. The van der Waals surface area contributed by atoms with E-state index >= 15 is 0 Å². The molecule has 0 N–H and O–H groups in total. The fourth-order valence-electron chi connectivity index (χ4n) is 1.83. The Labute approximate surface area is 88.0 Å². The maximum Gasteiger partial charge on any atom is 0.184 e. The molecular weight excluding hydrogens is 216 g/mol. The highest BCUT2D eigenvalue weighted by molar-refractivity contribution is 7.91. The van der Waals surface area contributed by atoms with E-state index in [1.807, 2.05) is 0 Å². The van der Waals surface area contributed by atoms with Crippen molar-refractivity contribution in [2.24, 2.45) is 13.0 Å². The SMILES string of the molecule is Cn1nccc1C(=O)C1CCS(=O)(=O)C1. The van der Waals surface area contributed by atoms with Crippen LogP contribution in [0.3, 0.4) is 0 Å². The van der Waals surface area contributed by atoms with Crippen LogP contribution in [0, 0.1) is 5.92 Å². The summed E-state index contributed by atoms with van der Waals surface area (Å²) >= 11 is 0. The molecular formula is C9H12N2O3S. The first kappa shape index (κ1) is 10.4. The van der Waals surface area contributed by atoms with E-state index in [0.717, 1.165) is 0 Å². The van der Waals surface area contributed by atoms with Crippen molar-refractivity contribution in [3.05, 3.63) is 18.0 Å². The normalized spacial score (nSPS) is 24.2. The van der Waals surface area contributed by atoms with Crippen molar-refractivity contribution in [3.63, 3.8) is 0 Å². The lowest BCUT2D eigenvalue weighted by Crippen LogP contribution is -2.19. The molecule has 0 bridgehead atoms. The molecule has 5 nitrogen and oxygen atoms in total. The Morgan fingerprint density at radius 1 is 1.60 bits per heavy atom. The Morgan fingerprint density at radius 2 is 2.33 bits per heavy atom. The van der Waals surface area contributed by atoms with Crippen molar-refractivity contribution >= 4 is 15.6 Å². The van der Waals surface area contributed by atoms with Gasteiger partial charge in [-0.1, -0.05) is 0 Å². The van der Waals surface area contributed by atoms with Gasteiger partial charge in [-0.25, -0.2) is 8.42 Å². The van der Waals surface area contributed by atoms with Crippen LogP contribution in [0.15, 0.2) is 12.3 Å². The van der Waals surface area contributed by atoms with Crippen LogP contribution in [-0.4, -0.2) is 35.5 Å². The van der Waals surface area contributed by atoms with Crippen LogP contribution in [0.25, 0.3) is 0 Å². The molecule has 0 aliphatic carbocycles. The summed E-state index contributed by atoms with van der Waals surface area (Å²) in [5, 5.41) is 3.89. The lowest BCUT2D eigenvalue weighted by Gasteiger charge is -2.05. The van der Waals surface area contributed by atoms with E-state index < -0.39 is 9.84 Å². The highest BCUT2D eigenvalue weighted by Gasteiger charge is 2.34. The Kier molecular flexibility index (Phi) is 2.38. The lowest BCUT2D eigenvalue weighted by molar-refractivity contribution is 0.0923. The van der Waals surface area contributed by atoms with Crippen LogP contribution in [0.4, 0.5) is 0 Å². The highest BCUT2D eigenvalue weighted by atomic mass is 32.2. The van der Waals surface area contributed by atoms with Gasteiger partial charge in [0.1, 0.15) is 5.69 Å². The number of carbonyl (C=O) groups is 1. The Morgan fingerprint density at radius 3 is 2.80 bits per heavy atom. The zero-order valence-corrected chi connectivity index (χ0v) is 9.20. The van der Waals surface area contributed by atoms with Crippen molar-refractivity contribution in [2.75, 3.05) is 11.5 Å². The second kappa shape index (κ2) is 3.44. The van der Waals surface area contributed by atoms with Gasteiger partial charge in [0.15, 0.2) is 15.6 Å². The number of aromatic nitrogens is 2. The fraction of sp³-hybridized carbons (Fsp3) is 0.556. The van der Waals surface area contributed by atoms with Gasteiger partial charge in [0, 0.05) is 19.2 Å². The number of hydrogen-bond acceptors (Lipinski definition) is 4. The highest BCUT2D eigenvalue weighted by Crippen LogP contribution is 2.22. The average Bonchev–Trinajstić information content (AvgIpc) is 2.71. The van der Waals surface area contributed by atoms with E-state index in [1.54, 1.807) is 13.1 Å². The van der Waals surface area contributed by atoms with Gasteiger partial charge >= 0.3 is 0 Å². The monoisotopic (exact) mass is 228 g/mol. The van der Waals surface area contributed by atoms with Gasteiger partial charge < -0.3 is 0 Å². The lowest BCUT2D eigenvalue weighted by atomic mass is 10.0. The first-order chi connectivity index (χ1) is 6.99. The van der Waals surface area contributed by atoms with E-state index in [9.17, 15) is 13.2 Å². The molecule has 0 amide bonds. The third-order valence-electron chi connectivity index (χ3n) is 2.68. The standard InChI is InChI=1S/C9H12N2O3S/c1-11-8(2-4-10-11)9(12)7-3-5-15(13,14)6-7/h2,4,7H,3,5-6H2,1H3. The summed E-state index contributed by atoms with van der Waals surface area (Å²) in [6, 6.07) is 1.62. The first-order valence-corrected chi connectivity index (χ1v) is 6.54. The van der Waals surface area contributed by atoms with Gasteiger partial charge in [-0.3, -0.25) is 9.48 Å². The van der Waals surface area contributed by atoms with Crippen LogP contribution in [0.5, 0.6) is 0 Å².